The maximum atomic E-state index is 13.9. The summed E-state index contributed by atoms with van der Waals surface area (Å²) in [6, 6.07) is 10.9. The van der Waals surface area contributed by atoms with Crippen LogP contribution in [0.25, 0.3) is 10.9 Å². The molecule has 2 fully saturated rings. The molecule has 0 spiro atoms. The van der Waals surface area contributed by atoms with Crippen molar-refractivity contribution in [2.75, 3.05) is 44.3 Å². The number of ether oxygens (including phenoxy) is 1. The third-order valence-electron chi connectivity index (χ3n) is 8.60. The minimum Gasteiger partial charge on any atom is -0.379 e. The molecule has 7 heteroatoms. The summed E-state index contributed by atoms with van der Waals surface area (Å²) in [4.78, 5) is 22.6. The Morgan fingerprint density at radius 3 is 2.46 bits per heavy atom. The molecule has 204 valence electrons. The molecule has 0 amide bonds. The van der Waals surface area contributed by atoms with E-state index in [2.05, 4.69) is 71.9 Å². The quantitative estimate of drug-likeness (QED) is 0.299. The van der Waals surface area contributed by atoms with Crippen LogP contribution in [0.4, 0.5) is 5.69 Å². The minimum absolute atomic E-state index is 0.0472. The lowest BCUT2D eigenvalue weighted by atomic mass is 9.71. The van der Waals surface area contributed by atoms with Gasteiger partial charge in [-0.05, 0) is 42.7 Å². The van der Waals surface area contributed by atoms with Gasteiger partial charge in [-0.3, -0.25) is 9.69 Å². The van der Waals surface area contributed by atoms with E-state index >= 15 is 0 Å². The Labute approximate surface area is 237 Å². The standard InChI is InChI=1S/C32H38ClN3O2Si/c1-32(2)25-20-28(36-11-8-22(9-12-36)35-13-15-38-16-14-35)26(33)19-24(25)30(37)29-23-7-6-21(10-17-39(3,4)5)18-27(23)34-31(29)32/h6-7,18-20,22,34H,8-9,11-16H2,1-5H3. The van der Waals surface area contributed by atoms with E-state index in [-0.39, 0.29) is 11.2 Å². The molecule has 0 saturated carbocycles. The van der Waals surface area contributed by atoms with E-state index in [0.717, 1.165) is 91.2 Å². The van der Waals surface area contributed by atoms with Gasteiger partial charge >= 0.3 is 0 Å². The number of nitrogens with zero attached hydrogens (tertiary/aromatic N) is 2. The van der Waals surface area contributed by atoms with Gasteiger partial charge in [-0.2, -0.15) is 0 Å². The maximum Gasteiger partial charge on any atom is 0.195 e. The van der Waals surface area contributed by atoms with Crippen LogP contribution in [0, 0.1) is 11.5 Å². The van der Waals surface area contributed by atoms with Crippen LogP contribution < -0.4 is 4.90 Å². The average molecular weight is 560 g/mol. The third-order valence-corrected chi connectivity index (χ3v) is 9.78. The number of carbonyl (C=O) groups excluding carboxylic acids is 1. The van der Waals surface area contributed by atoms with Crippen molar-refractivity contribution in [2.45, 2.75) is 57.8 Å². The number of nitrogens with one attached hydrogen (secondary N) is 1. The Morgan fingerprint density at radius 1 is 1.05 bits per heavy atom. The molecule has 3 heterocycles. The van der Waals surface area contributed by atoms with Crippen molar-refractivity contribution in [3.63, 3.8) is 0 Å². The number of aromatic nitrogens is 1. The summed E-state index contributed by atoms with van der Waals surface area (Å²) in [6.07, 6.45) is 2.23. The molecule has 0 atom stereocenters. The summed E-state index contributed by atoms with van der Waals surface area (Å²) < 4.78 is 5.55. The second-order valence-electron chi connectivity index (χ2n) is 12.8. The van der Waals surface area contributed by atoms with Crippen LogP contribution in [0.5, 0.6) is 0 Å². The SMILES string of the molecule is CC1(C)c2cc(N3CCC(N4CCOCC4)CC3)c(Cl)cc2C(=O)c2c1[nH]c1cc(C#C[Si](C)(C)C)ccc21. The highest BCUT2D eigenvalue weighted by atomic mass is 35.5. The zero-order chi connectivity index (χ0) is 27.5. The molecular weight excluding hydrogens is 522 g/mol. The van der Waals surface area contributed by atoms with Gasteiger partial charge < -0.3 is 14.6 Å². The van der Waals surface area contributed by atoms with Gasteiger partial charge in [0, 0.05) is 65.4 Å². The molecule has 0 bridgehead atoms. The van der Waals surface area contributed by atoms with E-state index in [0.29, 0.717) is 16.6 Å². The molecule has 2 saturated heterocycles. The Hall–Kier alpha value is -2.56. The fraction of sp³-hybridized carbons (Fsp3) is 0.469. The molecular formula is C32H38ClN3O2Si. The van der Waals surface area contributed by atoms with Crippen LogP contribution in [0.2, 0.25) is 24.7 Å². The first-order chi connectivity index (χ1) is 18.5. The topological polar surface area (TPSA) is 48.6 Å². The Balaban J connectivity index is 1.33. The van der Waals surface area contributed by atoms with Crippen molar-refractivity contribution in [1.82, 2.24) is 9.88 Å². The van der Waals surface area contributed by atoms with Crippen LogP contribution >= 0.6 is 11.6 Å². The van der Waals surface area contributed by atoms with Crippen molar-refractivity contribution in [1.29, 1.82) is 0 Å². The van der Waals surface area contributed by atoms with Crippen LogP contribution in [0.15, 0.2) is 30.3 Å². The Kier molecular flexibility index (Phi) is 6.71. The van der Waals surface area contributed by atoms with Gasteiger partial charge in [0.05, 0.1) is 29.5 Å². The van der Waals surface area contributed by atoms with Crippen molar-refractivity contribution < 1.29 is 9.53 Å². The largest absolute Gasteiger partial charge is 0.379 e. The van der Waals surface area contributed by atoms with E-state index in [9.17, 15) is 4.79 Å². The molecule has 1 N–H and O–H groups in total. The summed E-state index contributed by atoms with van der Waals surface area (Å²) in [5.41, 5.74) is 9.57. The minimum atomic E-state index is -1.48. The highest BCUT2D eigenvalue weighted by Crippen LogP contribution is 2.46. The number of morpholine rings is 1. The van der Waals surface area contributed by atoms with Gasteiger partial charge in [-0.1, -0.05) is 57.1 Å². The number of benzene rings is 2. The number of anilines is 1. The maximum absolute atomic E-state index is 13.9. The summed E-state index contributed by atoms with van der Waals surface area (Å²) in [7, 11) is -1.48. The molecule has 3 aliphatic rings. The average Bonchev–Trinajstić information content (AvgIpc) is 3.31. The second-order valence-corrected chi connectivity index (χ2v) is 18.0. The molecule has 0 radical (unpaired) electrons. The number of halogens is 1. The van der Waals surface area contributed by atoms with Crippen molar-refractivity contribution in [3.8, 4) is 11.5 Å². The summed E-state index contributed by atoms with van der Waals surface area (Å²) >= 11 is 6.91. The highest BCUT2D eigenvalue weighted by Gasteiger charge is 2.41. The van der Waals surface area contributed by atoms with E-state index < -0.39 is 8.07 Å². The number of rotatable bonds is 2. The van der Waals surface area contributed by atoms with E-state index in [4.69, 9.17) is 16.3 Å². The van der Waals surface area contributed by atoms with Crippen LogP contribution in [-0.2, 0) is 10.2 Å². The summed E-state index contributed by atoms with van der Waals surface area (Å²) in [6.45, 7) is 16.8. The first kappa shape index (κ1) is 26.6. The molecule has 3 aromatic rings. The van der Waals surface area contributed by atoms with Gasteiger partial charge in [0.25, 0.3) is 0 Å². The molecule has 1 aliphatic carbocycles. The number of piperidine rings is 1. The molecule has 2 aromatic carbocycles. The number of hydrogen-bond donors (Lipinski definition) is 1. The van der Waals surface area contributed by atoms with Crippen LogP contribution in [-0.4, -0.2) is 69.2 Å². The summed E-state index contributed by atoms with van der Waals surface area (Å²) in [5.74, 6) is 3.40. The Bertz CT molecular complexity index is 1510. The monoisotopic (exact) mass is 559 g/mol. The molecule has 5 nitrogen and oxygen atoms in total. The smallest absolute Gasteiger partial charge is 0.195 e. The van der Waals surface area contributed by atoms with Crippen molar-refractivity contribution in [2.24, 2.45) is 0 Å². The lowest BCUT2D eigenvalue weighted by Crippen LogP contribution is -2.49. The first-order valence-electron chi connectivity index (χ1n) is 14.2. The predicted molar refractivity (Wildman–Crippen MR) is 163 cm³/mol. The second kappa shape index (κ2) is 9.81. The molecule has 1 aromatic heterocycles. The Morgan fingerprint density at radius 2 is 1.77 bits per heavy atom. The number of hydrogen-bond acceptors (Lipinski definition) is 4. The third kappa shape index (κ3) is 4.84. The number of fused-ring (bicyclic) bond motifs is 4. The zero-order valence-electron chi connectivity index (χ0n) is 23.7. The van der Waals surface area contributed by atoms with E-state index in [1.807, 2.05) is 18.2 Å². The van der Waals surface area contributed by atoms with Gasteiger partial charge in [-0.15, -0.1) is 5.54 Å². The van der Waals surface area contributed by atoms with Gasteiger partial charge in [-0.25, -0.2) is 0 Å². The number of H-pyrrole nitrogens is 1. The first-order valence-corrected chi connectivity index (χ1v) is 18.1. The number of aromatic amines is 1. The van der Waals surface area contributed by atoms with E-state index in [1.165, 1.54) is 0 Å². The lowest BCUT2D eigenvalue weighted by Gasteiger charge is -2.41. The lowest BCUT2D eigenvalue weighted by molar-refractivity contribution is 0.0115. The van der Waals surface area contributed by atoms with Gasteiger partial charge in [0.15, 0.2) is 5.78 Å². The molecule has 39 heavy (non-hydrogen) atoms. The zero-order valence-corrected chi connectivity index (χ0v) is 25.5. The van der Waals surface area contributed by atoms with Crippen molar-refractivity contribution in [3.05, 3.63) is 63.3 Å². The predicted octanol–water partition coefficient (Wildman–Crippen LogP) is 6.22. The van der Waals surface area contributed by atoms with Crippen molar-refractivity contribution >= 4 is 42.0 Å². The van der Waals surface area contributed by atoms with Gasteiger partial charge in [0.2, 0.25) is 0 Å². The fourth-order valence-electron chi connectivity index (χ4n) is 6.43. The van der Waals surface area contributed by atoms with Crippen LogP contribution in [0.3, 0.4) is 0 Å². The van der Waals surface area contributed by atoms with E-state index in [1.54, 1.807) is 0 Å². The fourth-order valence-corrected chi connectivity index (χ4v) is 7.24. The molecule has 0 unspecified atom stereocenters. The molecule has 6 rings (SSSR count). The highest BCUT2D eigenvalue weighted by molar-refractivity contribution is 6.83. The normalized spacial score (nSPS) is 19.9. The van der Waals surface area contributed by atoms with Crippen LogP contribution in [0.1, 0.15) is 59.4 Å². The molecule has 2 aliphatic heterocycles. The summed E-state index contributed by atoms with van der Waals surface area (Å²) in [5, 5.41) is 1.62. The van der Waals surface area contributed by atoms with Gasteiger partial charge in [0.1, 0.15) is 8.07 Å². The number of carbonyl (C=O) groups is 1. The number of ketones is 1.